The van der Waals surface area contributed by atoms with Crippen molar-refractivity contribution in [1.82, 2.24) is 30.1 Å². The molecule has 0 saturated heterocycles. The summed E-state index contributed by atoms with van der Waals surface area (Å²) < 4.78 is 2.83. The number of carbonyl (C=O) groups is 1. The summed E-state index contributed by atoms with van der Waals surface area (Å²) in [6.07, 6.45) is 3.73. The first-order valence-corrected chi connectivity index (χ1v) is 6.76. The van der Waals surface area contributed by atoms with Crippen LogP contribution < -0.4 is 10.9 Å². The molecule has 2 aromatic rings. The lowest BCUT2D eigenvalue weighted by molar-refractivity contribution is 0.0928. The quantitative estimate of drug-likeness (QED) is 0.780. The van der Waals surface area contributed by atoms with Crippen LogP contribution >= 0.6 is 0 Å². The first kappa shape index (κ1) is 13.5. The molecular formula is C13H16N6O2. The fourth-order valence-corrected chi connectivity index (χ4v) is 2.52. The van der Waals surface area contributed by atoms with Crippen LogP contribution in [0.4, 0.5) is 0 Å². The predicted octanol–water partition coefficient (Wildman–Crippen LogP) is -0.804. The number of carbonyl (C=O) groups excluding carboxylic acids is 1. The highest BCUT2D eigenvalue weighted by molar-refractivity contribution is 5.92. The molecule has 1 amide bonds. The van der Waals surface area contributed by atoms with E-state index in [0.717, 1.165) is 24.1 Å². The molecule has 1 unspecified atom stereocenters. The number of hydrogen-bond acceptors (Lipinski definition) is 5. The molecule has 2 heterocycles. The number of fused-ring (bicyclic) bond motifs is 1. The molecule has 110 valence electrons. The fourth-order valence-electron chi connectivity index (χ4n) is 2.52. The van der Waals surface area contributed by atoms with Gasteiger partial charge in [-0.25, -0.2) is 4.68 Å². The Kier molecular flexibility index (Phi) is 3.28. The van der Waals surface area contributed by atoms with Crippen LogP contribution in [0.3, 0.4) is 0 Å². The standard InChI is InChI=1S/C13H16N6O2/c1-18-7-11(15-17-18)13(21)14-9-3-4-10-8(5-9)6-12(20)19(2)16-10/h6-7,9H,3-5H2,1-2H3,(H,14,21). The SMILES string of the molecule is Cn1cc(C(=O)NC2CCc3nn(C)c(=O)cc3C2)nn1. The molecule has 1 aliphatic rings. The molecule has 0 spiro atoms. The summed E-state index contributed by atoms with van der Waals surface area (Å²) in [7, 11) is 3.35. The van der Waals surface area contributed by atoms with E-state index in [1.54, 1.807) is 26.4 Å². The molecule has 0 radical (unpaired) electrons. The topological polar surface area (TPSA) is 94.7 Å². The van der Waals surface area contributed by atoms with Crippen LogP contribution in [0.5, 0.6) is 0 Å². The van der Waals surface area contributed by atoms with E-state index in [1.807, 2.05) is 0 Å². The average Bonchev–Trinajstić information content (AvgIpc) is 2.87. The Bertz CT molecular complexity index is 747. The van der Waals surface area contributed by atoms with Crippen LogP contribution in [0.1, 0.15) is 28.2 Å². The number of aromatic nitrogens is 5. The minimum atomic E-state index is -0.242. The van der Waals surface area contributed by atoms with Gasteiger partial charge in [-0.05, 0) is 24.8 Å². The summed E-state index contributed by atoms with van der Waals surface area (Å²) in [5.74, 6) is -0.242. The summed E-state index contributed by atoms with van der Waals surface area (Å²) in [6.45, 7) is 0. The lowest BCUT2D eigenvalue weighted by Crippen LogP contribution is -2.40. The minimum Gasteiger partial charge on any atom is -0.348 e. The largest absolute Gasteiger partial charge is 0.348 e. The smallest absolute Gasteiger partial charge is 0.273 e. The Labute approximate surface area is 120 Å². The molecule has 0 aromatic carbocycles. The van der Waals surface area contributed by atoms with E-state index in [1.165, 1.54) is 9.36 Å². The van der Waals surface area contributed by atoms with Crippen molar-refractivity contribution in [2.45, 2.75) is 25.3 Å². The van der Waals surface area contributed by atoms with Gasteiger partial charge in [0.25, 0.3) is 11.5 Å². The monoisotopic (exact) mass is 288 g/mol. The second-order valence-electron chi connectivity index (χ2n) is 5.27. The van der Waals surface area contributed by atoms with Gasteiger partial charge in [0.05, 0.1) is 11.9 Å². The highest BCUT2D eigenvalue weighted by Gasteiger charge is 2.23. The van der Waals surface area contributed by atoms with Crippen molar-refractivity contribution in [2.24, 2.45) is 14.1 Å². The third-order valence-electron chi connectivity index (χ3n) is 3.62. The number of aryl methyl sites for hydroxylation is 3. The fraction of sp³-hybridized carbons (Fsp3) is 0.462. The van der Waals surface area contributed by atoms with Crippen molar-refractivity contribution in [3.8, 4) is 0 Å². The van der Waals surface area contributed by atoms with Crippen LogP contribution in [0.25, 0.3) is 0 Å². The van der Waals surface area contributed by atoms with Crippen molar-refractivity contribution < 1.29 is 4.79 Å². The van der Waals surface area contributed by atoms with Crippen LogP contribution in [0.2, 0.25) is 0 Å². The maximum Gasteiger partial charge on any atom is 0.273 e. The summed E-state index contributed by atoms with van der Waals surface area (Å²) >= 11 is 0. The van der Waals surface area contributed by atoms with Crippen LogP contribution in [0.15, 0.2) is 17.1 Å². The van der Waals surface area contributed by atoms with Crippen molar-refractivity contribution in [3.05, 3.63) is 39.6 Å². The molecule has 8 nitrogen and oxygen atoms in total. The Balaban J connectivity index is 1.73. The average molecular weight is 288 g/mol. The molecule has 1 atom stereocenters. The van der Waals surface area contributed by atoms with Gasteiger partial charge in [-0.3, -0.25) is 14.3 Å². The van der Waals surface area contributed by atoms with Crippen molar-refractivity contribution >= 4 is 5.91 Å². The summed E-state index contributed by atoms with van der Waals surface area (Å²) in [5, 5.41) is 14.7. The van der Waals surface area contributed by atoms with Gasteiger partial charge >= 0.3 is 0 Å². The molecule has 3 rings (SSSR count). The molecule has 1 aliphatic carbocycles. The first-order chi connectivity index (χ1) is 10.0. The predicted molar refractivity (Wildman–Crippen MR) is 73.8 cm³/mol. The maximum absolute atomic E-state index is 12.1. The van der Waals surface area contributed by atoms with Crippen LogP contribution in [-0.4, -0.2) is 36.7 Å². The van der Waals surface area contributed by atoms with Crippen LogP contribution in [-0.2, 0) is 26.9 Å². The van der Waals surface area contributed by atoms with E-state index in [2.05, 4.69) is 20.7 Å². The molecule has 1 N–H and O–H groups in total. The van der Waals surface area contributed by atoms with E-state index in [0.29, 0.717) is 12.1 Å². The van der Waals surface area contributed by atoms with Gasteiger partial charge in [0.1, 0.15) is 0 Å². The Morgan fingerprint density at radius 3 is 2.95 bits per heavy atom. The Hall–Kier alpha value is -2.51. The Morgan fingerprint density at radius 2 is 2.24 bits per heavy atom. The highest BCUT2D eigenvalue weighted by atomic mass is 16.2. The van der Waals surface area contributed by atoms with E-state index in [9.17, 15) is 9.59 Å². The van der Waals surface area contributed by atoms with Gasteiger partial charge < -0.3 is 5.32 Å². The molecule has 2 aromatic heterocycles. The molecule has 0 saturated carbocycles. The minimum absolute atomic E-state index is 0.0130. The first-order valence-electron chi connectivity index (χ1n) is 6.76. The summed E-state index contributed by atoms with van der Waals surface area (Å²) in [5.41, 5.74) is 2.01. The van der Waals surface area contributed by atoms with Gasteiger partial charge in [0, 0.05) is 26.2 Å². The number of hydrogen-bond donors (Lipinski definition) is 1. The van der Waals surface area contributed by atoms with Crippen molar-refractivity contribution in [1.29, 1.82) is 0 Å². The van der Waals surface area contributed by atoms with Gasteiger partial charge in [0.15, 0.2) is 5.69 Å². The molecule has 0 aliphatic heterocycles. The normalized spacial score (nSPS) is 17.3. The second-order valence-corrected chi connectivity index (χ2v) is 5.27. The van der Waals surface area contributed by atoms with E-state index < -0.39 is 0 Å². The molecular weight excluding hydrogens is 272 g/mol. The summed E-state index contributed by atoms with van der Waals surface area (Å²) in [4.78, 5) is 23.7. The zero-order valence-electron chi connectivity index (χ0n) is 11.9. The van der Waals surface area contributed by atoms with E-state index in [4.69, 9.17) is 0 Å². The second kappa shape index (κ2) is 5.12. The highest BCUT2D eigenvalue weighted by Crippen LogP contribution is 2.18. The van der Waals surface area contributed by atoms with E-state index in [-0.39, 0.29) is 17.5 Å². The third-order valence-corrected chi connectivity index (χ3v) is 3.62. The third kappa shape index (κ3) is 2.69. The van der Waals surface area contributed by atoms with Gasteiger partial charge in [-0.2, -0.15) is 5.10 Å². The number of rotatable bonds is 2. The Morgan fingerprint density at radius 1 is 1.43 bits per heavy atom. The van der Waals surface area contributed by atoms with Gasteiger partial charge in [-0.15, -0.1) is 5.10 Å². The molecule has 8 heteroatoms. The zero-order chi connectivity index (χ0) is 15.0. The van der Waals surface area contributed by atoms with Crippen LogP contribution in [0, 0.1) is 0 Å². The van der Waals surface area contributed by atoms with Gasteiger partial charge in [0.2, 0.25) is 0 Å². The number of amides is 1. The number of nitrogens with one attached hydrogen (secondary N) is 1. The van der Waals surface area contributed by atoms with Gasteiger partial charge in [-0.1, -0.05) is 5.21 Å². The van der Waals surface area contributed by atoms with Crippen molar-refractivity contribution in [3.63, 3.8) is 0 Å². The lowest BCUT2D eigenvalue weighted by Gasteiger charge is -2.24. The molecule has 0 fully saturated rings. The lowest BCUT2D eigenvalue weighted by atomic mass is 9.92. The maximum atomic E-state index is 12.1. The van der Waals surface area contributed by atoms with E-state index >= 15 is 0 Å². The number of nitrogens with zero attached hydrogens (tertiary/aromatic N) is 5. The van der Waals surface area contributed by atoms with Crippen molar-refractivity contribution in [2.75, 3.05) is 0 Å². The summed E-state index contributed by atoms with van der Waals surface area (Å²) in [6, 6.07) is 1.59. The molecule has 21 heavy (non-hydrogen) atoms. The zero-order valence-corrected chi connectivity index (χ0v) is 11.9. The molecule has 0 bridgehead atoms.